The van der Waals surface area contributed by atoms with Gasteiger partial charge < -0.3 is 9.47 Å². The molecule has 0 aromatic heterocycles. The Labute approximate surface area is 176 Å². The normalized spacial score (nSPS) is 10.9. The monoisotopic (exact) mass is 400 g/mol. The van der Waals surface area contributed by atoms with Crippen molar-refractivity contribution in [2.75, 3.05) is 7.11 Å². The molecule has 0 radical (unpaired) electrons. The SMILES string of the molecule is COc1ccc(C(=O)Oc2ccc(C(=O)/C=C/c3ccc(C(C)C)cc3)cc2)cc1. The zero-order chi connectivity index (χ0) is 21.5. The third-order valence-corrected chi connectivity index (χ3v) is 4.71. The van der Waals surface area contributed by atoms with E-state index < -0.39 is 5.97 Å². The van der Waals surface area contributed by atoms with E-state index in [9.17, 15) is 9.59 Å². The largest absolute Gasteiger partial charge is 0.497 e. The van der Waals surface area contributed by atoms with Gasteiger partial charge in [0.15, 0.2) is 5.78 Å². The lowest BCUT2D eigenvalue weighted by Gasteiger charge is -2.06. The predicted molar refractivity (Wildman–Crippen MR) is 118 cm³/mol. The van der Waals surface area contributed by atoms with E-state index in [-0.39, 0.29) is 5.78 Å². The summed E-state index contributed by atoms with van der Waals surface area (Å²) in [6.45, 7) is 4.29. The molecule has 0 spiro atoms. The summed E-state index contributed by atoms with van der Waals surface area (Å²) in [4.78, 5) is 24.6. The van der Waals surface area contributed by atoms with Gasteiger partial charge in [-0.15, -0.1) is 0 Å². The number of carbonyl (C=O) groups excluding carboxylic acids is 2. The summed E-state index contributed by atoms with van der Waals surface area (Å²) in [5.74, 6) is 0.929. The number of rotatable bonds is 7. The Morgan fingerprint density at radius 1 is 0.767 bits per heavy atom. The fourth-order valence-electron chi connectivity index (χ4n) is 2.84. The fourth-order valence-corrected chi connectivity index (χ4v) is 2.84. The maximum Gasteiger partial charge on any atom is 0.343 e. The van der Waals surface area contributed by atoms with E-state index in [1.54, 1.807) is 67.8 Å². The lowest BCUT2D eigenvalue weighted by atomic mass is 10.0. The molecule has 0 fully saturated rings. The maximum absolute atomic E-state index is 12.4. The average Bonchev–Trinajstić information content (AvgIpc) is 2.78. The minimum atomic E-state index is -0.471. The molecule has 30 heavy (non-hydrogen) atoms. The van der Waals surface area contributed by atoms with E-state index >= 15 is 0 Å². The molecule has 4 heteroatoms. The number of hydrogen-bond acceptors (Lipinski definition) is 4. The number of ketones is 1. The van der Waals surface area contributed by atoms with Crippen molar-refractivity contribution >= 4 is 17.8 Å². The zero-order valence-corrected chi connectivity index (χ0v) is 17.3. The van der Waals surface area contributed by atoms with Gasteiger partial charge in [0.25, 0.3) is 0 Å². The number of carbonyl (C=O) groups is 2. The third kappa shape index (κ3) is 5.45. The highest BCUT2D eigenvalue weighted by Crippen LogP contribution is 2.18. The quantitative estimate of drug-likeness (QED) is 0.213. The van der Waals surface area contributed by atoms with Gasteiger partial charge >= 0.3 is 5.97 Å². The van der Waals surface area contributed by atoms with Crippen LogP contribution in [0.1, 0.15) is 51.6 Å². The van der Waals surface area contributed by atoms with Gasteiger partial charge in [0, 0.05) is 5.56 Å². The second kappa shape index (κ2) is 9.70. The van der Waals surface area contributed by atoms with Gasteiger partial charge in [-0.2, -0.15) is 0 Å². The maximum atomic E-state index is 12.4. The number of ether oxygens (including phenoxy) is 2. The molecular weight excluding hydrogens is 376 g/mol. The first-order chi connectivity index (χ1) is 14.5. The van der Waals surface area contributed by atoms with E-state index in [1.807, 2.05) is 12.1 Å². The summed E-state index contributed by atoms with van der Waals surface area (Å²) in [6.07, 6.45) is 3.34. The van der Waals surface area contributed by atoms with Crippen LogP contribution in [-0.2, 0) is 0 Å². The topological polar surface area (TPSA) is 52.6 Å². The van der Waals surface area contributed by atoms with E-state index in [4.69, 9.17) is 9.47 Å². The summed E-state index contributed by atoms with van der Waals surface area (Å²) in [7, 11) is 1.56. The highest BCUT2D eigenvalue weighted by Gasteiger charge is 2.09. The van der Waals surface area contributed by atoms with Crippen molar-refractivity contribution in [3.63, 3.8) is 0 Å². The fraction of sp³-hybridized carbons (Fsp3) is 0.154. The highest BCUT2D eigenvalue weighted by molar-refractivity contribution is 6.06. The molecular formula is C26H24O4. The third-order valence-electron chi connectivity index (χ3n) is 4.71. The molecule has 0 aliphatic carbocycles. The molecule has 0 saturated heterocycles. The number of hydrogen-bond donors (Lipinski definition) is 0. The van der Waals surface area contributed by atoms with Crippen LogP contribution in [0.3, 0.4) is 0 Å². The minimum Gasteiger partial charge on any atom is -0.497 e. The second-order valence-electron chi connectivity index (χ2n) is 7.16. The van der Waals surface area contributed by atoms with Crippen LogP contribution in [0.15, 0.2) is 78.9 Å². The van der Waals surface area contributed by atoms with Crippen molar-refractivity contribution in [2.24, 2.45) is 0 Å². The van der Waals surface area contributed by atoms with Crippen molar-refractivity contribution in [3.05, 3.63) is 101 Å². The Bertz CT molecular complexity index is 1030. The first kappa shape index (κ1) is 21.1. The Kier molecular flexibility index (Phi) is 6.81. The molecule has 0 heterocycles. The minimum absolute atomic E-state index is 0.115. The molecule has 152 valence electrons. The van der Waals surface area contributed by atoms with Gasteiger partial charge in [-0.25, -0.2) is 4.79 Å². The average molecular weight is 400 g/mol. The van der Waals surface area contributed by atoms with Crippen molar-refractivity contribution in [1.29, 1.82) is 0 Å². The summed E-state index contributed by atoms with van der Waals surface area (Å²) in [6, 6.07) is 21.3. The lowest BCUT2D eigenvalue weighted by Crippen LogP contribution is -2.08. The number of benzene rings is 3. The van der Waals surface area contributed by atoms with Crippen LogP contribution in [-0.4, -0.2) is 18.9 Å². The van der Waals surface area contributed by atoms with Crippen LogP contribution in [0.25, 0.3) is 6.08 Å². The molecule has 4 nitrogen and oxygen atoms in total. The van der Waals surface area contributed by atoms with Crippen molar-refractivity contribution in [1.82, 2.24) is 0 Å². The number of esters is 1. The lowest BCUT2D eigenvalue weighted by molar-refractivity contribution is 0.0734. The second-order valence-corrected chi connectivity index (χ2v) is 7.16. The predicted octanol–water partition coefficient (Wildman–Crippen LogP) is 5.93. The van der Waals surface area contributed by atoms with E-state index in [1.165, 1.54) is 5.56 Å². The van der Waals surface area contributed by atoms with Gasteiger partial charge in [0.2, 0.25) is 0 Å². The van der Waals surface area contributed by atoms with Gasteiger partial charge in [0.05, 0.1) is 12.7 Å². The summed E-state index contributed by atoms with van der Waals surface area (Å²) >= 11 is 0. The summed E-state index contributed by atoms with van der Waals surface area (Å²) in [5, 5.41) is 0. The summed E-state index contributed by atoms with van der Waals surface area (Å²) < 4.78 is 10.4. The Morgan fingerprint density at radius 2 is 1.33 bits per heavy atom. The van der Waals surface area contributed by atoms with E-state index in [0.29, 0.717) is 28.5 Å². The van der Waals surface area contributed by atoms with Crippen molar-refractivity contribution < 1.29 is 19.1 Å². The Hall–Kier alpha value is -3.66. The molecule has 3 aromatic rings. The van der Waals surface area contributed by atoms with E-state index in [2.05, 4.69) is 26.0 Å². The van der Waals surface area contributed by atoms with E-state index in [0.717, 1.165) is 5.56 Å². The molecule has 0 unspecified atom stereocenters. The summed E-state index contributed by atoms with van der Waals surface area (Å²) in [5.41, 5.74) is 3.17. The van der Waals surface area contributed by atoms with Crippen molar-refractivity contribution in [2.45, 2.75) is 19.8 Å². The molecule has 0 saturated carbocycles. The van der Waals surface area contributed by atoms with Crippen LogP contribution in [0.2, 0.25) is 0 Å². The molecule has 0 atom stereocenters. The van der Waals surface area contributed by atoms with Gasteiger partial charge in [-0.3, -0.25) is 4.79 Å². The van der Waals surface area contributed by atoms with Gasteiger partial charge in [-0.1, -0.05) is 44.2 Å². The van der Waals surface area contributed by atoms with Gasteiger partial charge in [0.1, 0.15) is 11.5 Å². The number of methoxy groups -OCH3 is 1. The molecule has 0 N–H and O–H groups in total. The van der Waals surface area contributed by atoms with Crippen LogP contribution in [0.5, 0.6) is 11.5 Å². The molecule has 0 amide bonds. The molecule has 0 aliphatic heterocycles. The first-order valence-corrected chi connectivity index (χ1v) is 9.75. The van der Waals surface area contributed by atoms with Crippen LogP contribution in [0, 0.1) is 0 Å². The highest BCUT2D eigenvalue weighted by atomic mass is 16.5. The first-order valence-electron chi connectivity index (χ1n) is 9.75. The van der Waals surface area contributed by atoms with Crippen molar-refractivity contribution in [3.8, 4) is 11.5 Å². The number of allylic oxidation sites excluding steroid dienone is 1. The standard InChI is InChI=1S/C26H24O4/c1-18(2)20-7-4-19(5-8-20)6-17-25(27)21-9-15-24(16-10-21)30-26(28)22-11-13-23(29-3)14-12-22/h4-18H,1-3H3/b17-6+. The Morgan fingerprint density at radius 3 is 1.90 bits per heavy atom. The Balaban J connectivity index is 1.61. The smallest absolute Gasteiger partial charge is 0.343 e. The van der Waals surface area contributed by atoms with Crippen LogP contribution in [0.4, 0.5) is 0 Å². The molecule has 3 rings (SSSR count). The van der Waals surface area contributed by atoms with Crippen LogP contribution >= 0.6 is 0 Å². The van der Waals surface area contributed by atoms with Crippen LogP contribution < -0.4 is 9.47 Å². The molecule has 0 aliphatic rings. The zero-order valence-electron chi connectivity index (χ0n) is 17.3. The van der Waals surface area contributed by atoms with Gasteiger partial charge in [-0.05, 0) is 71.7 Å². The molecule has 3 aromatic carbocycles. The molecule has 0 bridgehead atoms.